The van der Waals surface area contributed by atoms with Gasteiger partial charge < -0.3 is 0 Å². The molecule has 1 atom stereocenters. The van der Waals surface area contributed by atoms with Crippen molar-refractivity contribution in [2.45, 2.75) is 26.2 Å². The molecule has 0 bridgehead atoms. The third-order valence-corrected chi connectivity index (χ3v) is 3.91. The first-order valence-corrected chi connectivity index (χ1v) is 6.46. The zero-order chi connectivity index (χ0) is 18.3. The van der Waals surface area contributed by atoms with Crippen LogP contribution in [0.2, 0.25) is 0 Å². The molecule has 0 spiro atoms. The zero-order valence-corrected chi connectivity index (χ0v) is 14.6. The van der Waals surface area contributed by atoms with Crippen LogP contribution in [0.3, 0.4) is 0 Å². The average molecular weight is 462 g/mol. The van der Waals surface area contributed by atoms with Crippen LogP contribution in [-0.4, -0.2) is 11.2 Å². The minimum absolute atomic E-state index is 0.708. The van der Waals surface area contributed by atoms with Crippen molar-refractivity contribution in [1.29, 1.82) is 0 Å². The van der Waals surface area contributed by atoms with E-state index >= 15 is 0 Å². The molecule has 0 saturated heterocycles. The van der Waals surface area contributed by atoms with Gasteiger partial charge in [0.25, 0.3) is 0 Å². The Labute approximate surface area is 135 Å². The van der Waals surface area contributed by atoms with Crippen LogP contribution in [0, 0.1) is 39.2 Å². The maximum atomic E-state index is 7.50. The van der Waals surface area contributed by atoms with E-state index in [1.165, 1.54) is 48.3 Å². The van der Waals surface area contributed by atoms with E-state index in [2.05, 4.69) is 46.3 Å². The zero-order valence-electron chi connectivity index (χ0n) is 11.6. The Hall–Kier alpha value is -1.04. The molecule has 0 heterocycles. The monoisotopic (exact) mass is 462 g/mol. The number of methoxy groups -OCH3 is 1. The van der Waals surface area contributed by atoms with Gasteiger partial charge >= 0.3 is 136 Å². The fourth-order valence-corrected chi connectivity index (χ4v) is 2.20. The summed E-state index contributed by atoms with van der Waals surface area (Å²) in [5.41, 5.74) is 1.53. The topological polar surface area (TPSA) is 109 Å². The van der Waals surface area contributed by atoms with Gasteiger partial charge in [0.05, 0.1) is 0 Å². The van der Waals surface area contributed by atoms with E-state index in [1.54, 1.807) is 7.11 Å². The van der Waals surface area contributed by atoms with E-state index < -0.39 is 0 Å². The van der Waals surface area contributed by atoms with Crippen molar-refractivity contribution in [3.05, 3.63) is 44.9 Å². The molecule has 0 saturated carbocycles. The van der Waals surface area contributed by atoms with Crippen molar-refractivity contribution < 1.29 is 47.4 Å². The van der Waals surface area contributed by atoms with E-state index in [4.69, 9.17) is 28.0 Å². The summed E-state index contributed by atoms with van der Waals surface area (Å²) in [6, 6.07) is 0. The molecule has 0 unspecified atom stereocenters. The normalized spacial score (nSPS) is 13.3. The van der Waals surface area contributed by atoms with Crippen molar-refractivity contribution in [1.82, 2.24) is 0 Å². The van der Waals surface area contributed by atoms with E-state index in [1.807, 2.05) is 0 Å². The van der Waals surface area contributed by atoms with Crippen LogP contribution < -0.4 is 0 Å². The molecule has 0 amide bonds. The predicted molar refractivity (Wildman–Crippen MR) is 62.8 cm³/mol. The van der Waals surface area contributed by atoms with Crippen molar-refractivity contribution in [3.63, 3.8) is 0 Å². The third-order valence-electron chi connectivity index (χ3n) is 2.11. The number of rotatable bonds is 2. The molecule has 112 valence electrons. The molecule has 0 N–H and O–H groups in total. The fraction of sp³-hybridized carbons (Fsp3) is 0.429. The molecular formula is C14H14O6W. The molecular weight excluding hydrogens is 448 g/mol. The number of hydrogen-bond donors (Lipinski definition) is 0. The first-order valence-electron chi connectivity index (χ1n) is 4.99. The van der Waals surface area contributed by atoms with Crippen LogP contribution in [-0.2, 0) is 47.4 Å². The summed E-state index contributed by atoms with van der Waals surface area (Å²) < 4.78 is 44.0. The number of allylic oxidation sites excluding steroid dienone is 2. The first-order chi connectivity index (χ1) is 10.2. The molecule has 0 radical (unpaired) electrons. The average Bonchev–Trinajstić information content (AvgIpc) is 2.63. The van der Waals surface area contributed by atoms with Crippen LogP contribution in [0.1, 0.15) is 26.2 Å². The Morgan fingerprint density at radius 2 is 1.43 bits per heavy atom. The second-order valence-corrected chi connectivity index (χ2v) is 4.50. The Morgan fingerprint density at radius 1 is 1.05 bits per heavy atom. The minimum atomic E-state index is 0.708. The Balaban J connectivity index is -0.0000000727. The second kappa shape index (κ2) is 36.4. The SMILES string of the molecule is CO[C](=[W])[C@@H]1CCC=C(C)C1.[C-]#[O+].[C-]#[O+].[C-]#[O+].[C-]#[O+].[C-]#[O+]. The number of ether oxygens (including phenoxy) is 1. The molecule has 1 aliphatic rings. The summed E-state index contributed by atoms with van der Waals surface area (Å²) in [4.78, 5) is 0. The molecule has 1 rings (SSSR count). The fourth-order valence-electron chi connectivity index (χ4n) is 1.47. The Morgan fingerprint density at radius 3 is 1.71 bits per heavy atom. The first kappa shape index (κ1) is 32.1. The van der Waals surface area contributed by atoms with Gasteiger partial charge in [-0.05, 0) is 0 Å². The van der Waals surface area contributed by atoms with Crippen molar-refractivity contribution >= 4 is 4.08 Å². The molecule has 21 heavy (non-hydrogen) atoms. The van der Waals surface area contributed by atoms with Gasteiger partial charge in [0.15, 0.2) is 0 Å². The van der Waals surface area contributed by atoms with Crippen LogP contribution in [0.4, 0.5) is 0 Å². The molecule has 0 aromatic heterocycles. The number of hydrogen-bond acceptors (Lipinski definition) is 1. The molecule has 0 aromatic carbocycles. The summed E-state index contributed by atoms with van der Waals surface area (Å²) in [6.07, 6.45) is 6.07. The third kappa shape index (κ3) is 24.4. The van der Waals surface area contributed by atoms with Crippen molar-refractivity contribution in [3.8, 4) is 0 Å². The summed E-state index contributed by atoms with van der Waals surface area (Å²) in [6.45, 7) is 24.7. The van der Waals surface area contributed by atoms with E-state index in [0.717, 1.165) is 0 Å². The van der Waals surface area contributed by atoms with E-state index in [-0.39, 0.29) is 0 Å². The van der Waals surface area contributed by atoms with Gasteiger partial charge in [0.1, 0.15) is 0 Å². The van der Waals surface area contributed by atoms with Gasteiger partial charge in [-0.3, -0.25) is 0 Å². The molecule has 6 nitrogen and oxygen atoms in total. The summed E-state index contributed by atoms with van der Waals surface area (Å²) >= 11 is 1.49. The standard InChI is InChI=1S/C9H14O.5CO.W/c1-8-4-3-5-9(6-8)7-10-2;5*1-2;/h4,9H,3,5-6H2,1-2H3;;;;;;/t9-;;;;;;/m1....../s1. The Kier molecular flexibility index (Phi) is 55.6. The summed E-state index contributed by atoms with van der Waals surface area (Å²) in [5, 5.41) is 0. The van der Waals surface area contributed by atoms with E-state index in [0.29, 0.717) is 5.92 Å². The predicted octanol–water partition coefficient (Wildman–Crippen LogP) is 1.87. The van der Waals surface area contributed by atoms with Gasteiger partial charge in [0.2, 0.25) is 0 Å². The molecule has 0 aromatic rings. The Bertz CT molecular complexity index is 327. The molecule has 0 aliphatic heterocycles. The van der Waals surface area contributed by atoms with Crippen LogP contribution in [0.25, 0.3) is 0 Å². The van der Waals surface area contributed by atoms with Gasteiger partial charge in [-0.1, -0.05) is 0 Å². The van der Waals surface area contributed by atoms with Crippen LogP contribution >= 0.6 is 0 Å². The van der Waals surface area contributed by atoms with Crippen LogP contribution in [0.5, 0.6) is 0 Å². The van der Waals surface area contributed by atoms with Gasteiger partial charge in [-0.15, -0.1) is 0 Å². The van der Waals surface area contributed by atoms with E-state index in [9.17, 15) is 0 Å². The maximum absolute atomic E-state index is 7.50. The van der Waals surface area contributed by atoms with Crippen molar-refractivity contribution in [2.75, 3.05) is 7.11 Å². The molecule has 7 heteroatoms. The van der Waals surface area contributed by atoms with Gasteiger partial charge in [-0.25, -0.2) is 0 Å². The van der Waals surface area contributed by atoms with Crippen molar-refractivity contribution in [2.24, 2.45) is 5.92 Å². The summed E-state index contributed by atoms with van der Waals surface area (Å²) in [7, 11) is 1.79. The second-order valence-electron chi connectivity index (χ2n) is 3.05. The van der Waals surface area contributed by atoms with Gasteiger partial charge in [-0.2, -0.15) is 0 Å². The molecule has 0 fully saturated rings. The quantitative estimate of drug-likeness (QED) is 0.349. The van der Waals surface area contributed by atoms with Crippen LogP contribution in [0.15, 0.2) is 11.6 Å². The van der Waals surface area contributed by atoms with Gasteiger partial charge in [0, 0.05) is 0 Å². The summed E-state index contributed by atoms with van der Waals surface area (Å²) in [5.74, 6) is 0.708. The molecule has 1 aliphatic carbocycles.